The fourth-order valence-corrected chi connectivity index (χ4v) is 2.10. The van der Waals surface area contributed by atoms with Gasteiger partial charge in [-0.15, -0.1) is 0 Å². The molecular formula is C15H15BClNO4. The molecule has 0 unspecified atom stereocenters. The quantitative estimate of drug-likeness (QED) is 0.717. The van der Waals surface area contributed by atoms with Crippen LogP contribution >= 0.6 is 11.6 Å². The van der Waals surface area contributed by atoms with Gasteiger partial charge in [-0.1, -0.05) is 35.9 Å². The van der Waals surface area contributed by atoms with E-state index in [-0.39, 0.29) is 5.91 Å². The van der Waals surface area contributed by atoms with Gasteiger partial charge in [-0.25, -0.2) is 0 Å². The number of halogens is 1. The van der Waals surface area contributed by atoms with Crippen molar-refractivity contribution in [3.05, 3.63) is 58.6 Å². The SMILES string of the molecule is COc1cc(Cl)ccc1C(=O)NCc1ccc(B(O)O)cc1. The van der Waals surface area contributed by atoms with Gasteiger partial charge in [0.2, 0.25) is 0 Å². The van der Waals surface area contributed by atoms with Crippen LogP contribution in [0.25, 0.3) is 0 Å². The number of benzene rings is 2. The second-order valence-corrected chi connectivity index (χ2v) is 5.08. The van der Waals surface area contributed by atoms with Crippen LogP contribution in [0.4, 0.5) is 0 Å². The number of carbonyl (C=O) groups is 1. The van der Waals surface area contributed by atoms with Gasteiger partial charge in [-0.2, -0.15) is 0 Å². The van der Waals surface area contributed by atoms with Crippen molar-refractivity contribution in [3.8, 4) is 5.75 Å². The first-order valence-corrected chi connectivity index (χ1v) is 6.96. The number of methoxy groups -OCH3 is 1. The first kappa shape index (κ1) is 16.4. The smallest absolute Gasteiger partial charge is 0.488 e. The zero-order valence-electron chi connectivity index (χ0n) is 11.9. The zero-order chi connectivity index (χ0) is 16.1. The second kappa shape index (κ2) is 7.31. The molecule has 0 atom stereocenters. The number of nitrogens with one attached hydrogen (secondary N) is 1. The third kappa shape index (κ3) is 4.01. The first-order chi connectivity index (χ1) is 10.5. The van der Waals surface area contributed by atoms with Crippen molar-refractivity contribution >= 4 is 30.1 Å². The van der Waals surface area contributed by atoms with Gasteiger partial charge in [-0.3, -0.25) is 4.79 Å². The number of carbonyl (C=O) groups excluding carboxylic acids is 1. The van der Waals surface area contributed by atoms with Gasteiger partial charge in [0.15, 0.2) is 0 Å². The van der Waals surface area contributed by atoms with E-state index in [2.05, 4.69) is 5.32 Å². The van der Waals surface area contributed by atoms with E-state index in [0.29, 0.717) is 28.3 Å². The first-order valence-electron chi connectivity index (χ1n) is 6.58. The largest absolute Gasteiger partial charge is 0.496 e. The van der Waals surface area contributed by atoms with Crippen molar-refractivity contribution in [2.24, 2.45) is 0 Å². The van der Waals surface area contributed by atoms with E-state index in [1.165, 1.54) is 7.11 Å². The topological polar surface area (TPSA) is 78.8 Å². The van der Waals surface area contributed by atoms with Gasteiger partial charge in [0, 0.05) is 11.6 Å². The highest BCUT2D eigenvalue weighted by atomic mass is 35.5. The Hall–Kier alpha value is -2.02. The Bertz CT molecular complexity index is 661. The fourth-order valence-electron chi connectivity index (χ4n) is 1.94. The van der Waals surface area contributed by atoms with Crippen molar-refractivity contribution in [2.45, 2.75) is 6.54 Å². The summed E-state index contributed by atoms with van der Waals surface area (Å²) in [6.07, 6.45) is 0. The Morgan fingerprint density at radius 3 is 2.50 bits per heavy atom. The van der Waals surface area contributed by atoms with E-state index < -0.39 is 7.12 Å². The minimum atomic E-state index is -1.50. The average molecular weight is 320 g/mol. The van der Waals surface area contributed by atoms with E-state index in [1.807, 2.05) is 0 Å². The Labute approximate surface area is 133 Å². The summed E-state index contributed by atoms with van der Waals surface area (Å²) < 4.78 is 5.14. The fraction of sp³-hybridized carbons (Fsp3) is 0.133. The monoisotopic (exact) mass is 319 g/mol. The molecule has 0 aliphatic heterocycles. The minimum absolute atomic E-state index is 0.278. The summed E-state index contributed by atoms with van der Waals surface area (Å²) in [5.41, 5.74) is 1.63. The van der Waals surface area contributed by atoms with Crippen molar-refractivity contribution in [3.63, 3.8) is 0 Å². The molecule has 0 fully saturated rings. The van der Waals surface area contributed by atoms with E-state index in [9.17, 15) is 4.79 Å². The van der Waals surface area contributed by atoms with Gasteiger partial charge in [0.1, 0.15) is 5.75 Å². The van der Waals surface area contributed by atoms with Crippen molar-refractivity contribution in [1.82, 2.24) is 5.32 Å². The van der Waals surface area contributed by atoms with Crippen LogP contribution in [-0.2, 0) is 6.54 Å². The van der Waals surface area contributed by atoms with Gasteiger partial charge >= 0.3 is 7.12 Å². The lowest BCUT2D eigenvalue weighted by Crippen LogP contribution is -2.30. The average Bonchev–Trinajstić information content (AvgIpc) is 2.52. The molecule has 114 valence electrons. The lowest BCUT2D eigenvalue weighted by Gasteiger charge is -2.10. The molecule has 0 heterocycles. The highest BCUT2D eigenvalue weighted by Gasteiger charge is 2.13. The normalized spacial score (nSPS) is 10.2. The molecule has 1 amide bonds. The van der Waals surface area contributed by atoms with Crippen LogP contribution in [0, 0.1) is 0 Å². The van der Waals surface area contributed by atoms with Crippen molar-refractivity contribution < 1.29 is 19.6 Å². The summed E-state index contributed by atoms with van der Waals surface area (Å²) in [7, 11) is -0.0246. The highest BCUT2D eigenvalue weighted by Crippen LogP contribution is 2.23. The molecule has 0 aliphatic rings. The molecule has 2 rings (SSSR count). The Balaban J connectivity index is 2.03. The maximum absolute atomic E-state index is 12.2. The molecular weight excluding hydrogens is 304 g/mol. The predicted octanol–water partition coefficient (Wildman–Crippen LogP) is 0.958. The minimum Gasteiger partial charge on any atom is -0.496 e. The summed E-state index contributed by atoms with van der Waals surface area (Å²) in [5, 5.41) is 21.3. The Kier molecular flexibility index (Phi) is 5.43. The van der Waals surface area contributed by atoms with Crippen LogP contribution in [0.2, 0.25) is 5.02 Å². The van der Waals surface area contributed by atoms with Crippen molar-refractivity contribution in [2.75, 3.05) is 7.11 Å². The van der Waals surface area contributed by atoms with Gasteiger partial charge in [-0.05, 0) is 29.2 Å². The number of rotatable bonds is 5. The van der Waals surface area contributed by atoms with Crippen LogP contribution in [0.3, 0.4) is 0 Å². The third-order valence-corrected chi connectivity index (χ3v) is 3.37. The molecule has 0 radical (unpaired) electrons. The zero-order valence-corrected chi connectivity index (χ0v) is 12.7. The molecule has 5 nitrogen and oxygen atoms in total. The van der Waals surface area contributed by atoms with Crippen LogP contribution in [-0.4, -0.2) is 30.2 Å². The summed E-state index contributed by atoms with van der Waals surface area (Å²) in [6.45, 7) is 0.312. The van der Waals surface area contributed by atoms with Crippen LogP contribution in [0.15, 0.2) is 42.5 Å². The maximum Gasteiger partial charge on any atom is 0.488 e. The number of hydrogen-bond acceptors (Lipinski definition) is 4. The molecule has 0 aromatic heterocycles. The standard InChI is InChI=1S/C15H15BClNO4/c1-22-14-8-12(17)6-7-13(14)15(19)18-9-10-2-4-11(5-3-10)16(20)21/h2-8,20-21H,9H2,1H3,(H,18,19). The number of amides is 1. The summed E-state index contributed by atoms with van der Waals surface area (Å²) >= 11 is 5.86. The molecule has 7 heteroatoms. The molecule has 0 saturated carbocycles. The molecule has 3 N–H and O–H groups in total. The second-order valence-electron chi connectivity index (χ2n) is 4.64. The van der Waals surface area contributed by atoms with E-state index in [0.717, 1.165) is 5.56 Å². The van der Waals surface area contributed by atoms with Crippen LogP contribution in [0.1, 0.15) is 15.9 Å². The molecule has 0 spiro atoms. The number of ether oxygens (including phenoxy) is 1. The van der Waals surface area contributed by atoms with Gasteiger partial charge in [0.05, 0.1) is 12.7 Å². The molecule has 2 aromatic carbocycles. The number of hydrogen-bond donors (Lipinski definition) is 3. The summed E-state index contributed by atoms with van der Waals surface area (Å²) in [4.78, 5) is 12.2. The molecule has 0 bridgehead atoms. The molecule has 0 aliphatic carbocycles. The molecule has 0 saturated heterocycles. The van der Waals surface area contributed by atoms with E-state index >= 15 is 0 Å². The van der Waals surface area contributed by atoms with E-state index in [4.69, 9.17) is 26.4 Å². The lowest BCUT2D eigenvalue weighted by molar-refractivity contribution is 0.0948. The third-order valence-electron chi connectivity index (χ3n) is 3.14. The highest BCUT2D eigenvalue weighted by molar-refractivity contribution is 6.58. The summed E-state index contributed by atoms with van der Waals surface area (Å²) in [6, 6.07) is 11.4. The van der Waals surface area contributed by atoms with E-state index in [1.54, 1.807) is 42.5 Å². The molecule has 22 heavy (non-hydrogen) atoms. The van der Waals surface area contributed by atoms with Crippen molar-refractivity contribution in [1.29, 1.82) is 0 Å². The lowest BCUT2D eigenvalue weighted by atomic mass is 9.80. The Morgan fingerprint density at radius 2 is 1.91 bits per heavy atom. The van der Waals surface area contributed by atoms with Gasteiger partial charge < -0.3 is 20.1 Å². The summed E-state index contributed by atoms with van der Waals surface area (Å²) in [5.74, 6) is 0.128. The van der Waals surface area contributed by atoms with Gasteiger partial charge in [0.25, 0.3) is 5.91 Å². The maximum atomic E-state index is 12.2. The Morgan fingerprint density at radius 1 is 1.23 bits per heavy atom. The van der Waals surface area contributed by atoms with Crippen LogP contribution < -0.4 is 15.5 Å². The predicted molar refractivity (Wildman–Crippen MR) is 85.4 cm³/mol. The van der Waals surface area contributed by atoms with Crippen LogP contribution in [0.5, 0.6) is 5.75 Å². The molecule has 2 aromatic rings.